The molecular weight excluding hydrogens is 411 g/mol. The lowest BCUT2D eigenvalue weighted by atomic mass is 9.89. The smallest absolute Gasteiger partial charge is 0.246 e. The minimum Gasteiger partial charge on any atom is -0.340 e. The first-order valence-electron chi connectivity index (χ1n) is 9.25. The second-order valence-electron chi connectivity index (χ2n) is 7.37. The Kier molecular flexibility index (Phi) is 9.08. The van der Waals surface area contributed by atoms with Gasteiger partial charge in [0.25, 0.3) is 0 Å². The van der Waals surface area contributed by atoms with Crippen LogP contribution in [0.2, 0.25) is 0 Å². The van der Waals surface area contributed by atoms with Crippen LogP contribution in [0.3, 0.4) is 0 Å². The van der Waals surface area contributed by atoms with Gasteiger partial charge in [0.2, 0.25) is 11.8 Å². The Bertz CT molecular complexity index is 813. The fourth-order valence-electron chi connectivity index (χ4n) is 3.38. The molecule has 3 N–H and O–H groups in total. The van der Waals surface area contributed by atoms with Gasteiger partial charge in [0.05, 0.1) is 5.92 Å². The lowest BCUT2D eigenvalue weighted by Gasteiger charge is -2.37. The molecule has 0 aliphatic carbocycles. The molecule has 0 bridgehead atoms. The molecular formula is C21H28Cl2N4O2. The van der Waals surface area contributed by atoms with Crippen molar-refractivity contribution in [2.24, 2.45) is 11.7 Å². The number of hydrogen-bond acceptors (Lipinski definition) is 4. The van der Waals surface area contributed by atoms with Gasteiger partial charge in [-0.2, -0.15) is 0 Å². The summed E-state index contributed by atoms with van der Waals surface area (Å²) < 4.78 is 0. The maximum Gasteiger partial charge on any atom is 0.246 e. The molecule has 0 spiro atoms. The van der Waals surface area contributed by atoms with Crippen molar-refractivity contribution in [1.29, 1.82) is 0 Å². The Morgan fingerprint density at radius 2 is 1.86 bits per heavy atom. The van der Waals surface area contributed by atoms with Gasteiger partial charge in [0, 0.05) is 19.3 Å². The Morgan fingerprint density at radius 3 is 2.48 bits per heavy atom. The second kappa shape index (κ2) is 10.6. The number of nitrogens with two attached hydrogens (primary N) is 1. The summed E-state index contributed by atoms with van der Waals surface area (Å²) in [5, 5.41) is 2.85. The quantitative estimate of drug-likeness (QED) is 0.766. The zero-order chi connectivity index (χ0) is 19.4. The van der Waals surface area contributed by atoms with Crippen LogP contribution in [0.1, 0.15) is 30.9 Å². The van der Waals surface area contributed by atoms with E-state index in [9.17, 15) is 9.59 Å². The largest absolute Gasteiger partial charge is 0.340 e. The monoisotopic (exact) mass is 438 g/mol. The van der Waals surface area contributed by atoms with Gasteiger partial charge in [-0.05, 0) is 43.9 Å². The Morgan fingerprint density at radius 1 is 1.17 bits per heavy atom. The lowest BCUT2D eigenvalue weighted by Crippen LogP contribution is -2.54. The Hall–Kier alpha value is -2.15. The molecule has 1 aliphatic heterocycles. The number of halogens is 2. The van der Waals surface area contributed by atoms with E-state index in [0.717, 1.165) is 24.0 Å². The highest BCUT2D eigenvalue weighted by Crippen LogP contribution is 2.25. The van der Waals surface area contributed by atoms with E-state index < -0.39 is 5.54 Å². The molecule has 2 unspecified atom stereocenters. The van der Waals surface area contributed by atoms with Crippen LogP contribution in [-0.4, -0.2) is 34.8 Å². The van der Waals surface area contributed by atoms with Gasteiger partial charge in [-0.15, -0.1) is 24.8 Å². The highest BCUT2D eigenvalue weighted by Gasteiger charge is 2.37. The summed E-state index contributed by atoms with van der Waals surface area (Å²) in [5.74, 6) is 0.00123. The van der Waals surface area contributed by atoms with Gasteiger partial charge < -0.3 is 16.0 Å². The van der Waals surface area contributed by atoms with Crippen LogP contribution in [0.5, 0.6) is 0 Å². The van der Waals surface area contributed by atoms with E-state index in [0.29, 0.717) is 18.9 Å². The zero-order valence-corrected chi connectivity index (χ0v) is 18.3. The molecule has 1 aliphatic rings. The minimum atomic E-state index is -1.11. The van der Waals surface area contributed by atoms with Crippen LogP contribution in [0.4, 0.5) is 5.82 Å². The molecule has 1 saturated heterocycles. The number of piperidine rings is 1. The Labute approximate surface area is 184 Å². The van der Waals surface area contributed by atoms with Crippen LogP contribution >= 0.6 is 24.8 Å². The first-order valence-corrected chi connectivity index (χ1v) is 9.25. The van der Waals surface area contributed by atoms with Crippen molar-refractivity contribution in [2.75, 3.05) is 18.4 Å². The summed E-state index contributed by atoms with van der Waals surface area (Å²) >= 11 is 0. The third-order valence-corrected chi connectivity index (χ3v) is 5.06. The van der Waals surface area contributed by atoms with Gasteiger partial charge in [-0.1, -0.05) is 36.4 Å². The van der Waals surface area contributed by atoms with Crippen molar-refractivity contribution in [3.05, 3.63) is 59.8 Å². The van der Waals surface area contributed by atoms with Gasteiger partial charge in [-0.3, -0.25) is 9.59 Å². The maximum atomic E-state index is 13.0. The average Bonchev–Trinajstić information content (AvgIpc) is 2.70. The van der Waals surface area contributed by atoms with Crippen LogP contribution in [0, 0.1) is 12.8 Å². The average molecular weight is 439 g/mol. The first kappa shape index (κ1) is 24.9. The molecule has 1 fully saturated rings. The van der Waals surface area contributed by atoms with Gasteiger partial charge in [0.15, 0.2) is 0 Å². The highest BCUT2D eigenvalue weighted by atomic mass is 35.5. The van der Waals surface area contributed by atoms with Crippen LogP contribution in [0.15, 0.2) is 48.7 Å². The fraction of sp³-hybridized carbons (Fsp3) is 0.381. The van der Waals surface area contributed by atoms with E-state index in [1.807, 2.05) is 43.3 Å². The number of carbonyl (C=O) groups is 2. The van der Waals surface area contributed by atoms with E-state index in [1.165, 1.54) is 0 Å². The second-order valence-corrected chi connectivity index (χ2v) is 7.37. The summed E-state index contributed by atoms with van der Waals surface area (Å²) in [5.41, 5.74) is 7.06. The minimum absolute atomic E-state index is 0. The number of benzene rings is 1. The number of nitrogens with one attached hydrogen (secondary N) is 1. The number of rotatable bonds is 4. The fourth-order valence-corrected chi connectivity index (χ4v) is 3.38. The first-order chi connectivity index (χ1) is 12.9. The van der Waals surface area contributed by atoms with Crippen molar-refractivity contribution in [2.45, 2.75) is 32.2 Å². The number of aromatic nitrogens is 1. The Balaban J connectivity index is 0.00000210. The van der Waals surface area contributed by atoms with Crippen molar-refractivity contribution in [3.8, 4) is 0 Å². The summed E-state index contributed by atoms with van der Waals surface area (Å²) in [6, 6.07) is 13.0. The third kappa shape index (κ3) is 5.92. The molecule has 0 radical (unpaired) electrons. The molecule has 2 amide bonds. The SMILES string of the molecule is Cc1ccc(NC(=O)C2CCCN(C(=O)C(C)(N)c3ccccc3)C2)nc1.Cl.Cl. The molecule has 8 heteroatoms. The molecule has 1 aromatic carbocycles. The van der Waals surface area contributed by atoms with Crippen LogP contribution in [0.25, 0.3) is 0 Å². The van der Waals surface area contributed by atoms with Crippen molar-refractivity contribution < 1.29 is 9.59 Å². The van der Waals surface area contributed by atoms with Gasteiger partial charge >= 0.3 is 0 Å². The molecule has 2 atom stereocenters. The molecule has 2 aromatic rings. The molecule has 1 aromatic heterocycles. The van der Waals surface area contributed by atoms with Crippen molar-refractivity contribution in [3.63, 3.8) is 0 Å². The molecule has 0 saturated carbocycles. The number of carbonyl (C=O) groups excluding carboxylic acids is 2. The summed E-state index contributed by atoms with van der Waals surface area (Å²) in [6.45, 7) is 4.66. The van der Waals surface area contributed by atoms with E-state index >= 15 is 0 Å². The predicted molar refractivity (Wildman–Crippen MR) is 119 cm³/mol. The third-order valence-electron chi connectivity index (χ3n) is 5.06. The molecule has 29 heavy (non-hydrogen) atoms. The summed E-state index contributed by atoms with van der Waals surface area (Å²) in [4.78, 5) is 31.6. The molecule has 6 nitrogen and oxygen atoms in total. The van der Waals surface area contributed by atoms with Crippen molar-refractivity contribution >= 4 is 42.4 Å². The highest BCUT2D eigenvalue weighted by molar-refractivity contribution is 5.93. The van der Waals surface area contributed by atoms with E-state index in [2.05, 4.69) is 10.3 Å². The number of amides is 2. The van der Waals surface area contributed by atoms with Gasteiger partial charge in [0.1, 0.15) is 11.4 Å². The van der Waals surface area contributed by atoms with E-state index in [4.69, 9.17) is 5.73 Å². The number of anilines is 1. The van der Waals surface area contributed by atoms with Crippen LogP contribution in [-0.2, 0) is 15.1 Å². The summed E-state index contributed by atoms with van der Waals surface area (Å²) in [6.07, 6.45) is 3.23. The van der Waals surface area contributed by atoms with E-state index in [-0.39, 0.29) is 42.5 Å². The van der Waals surface area contributed by atoms with Gasteiger partial charge in [-0.25, -0.2) is 4.98 Å². The maximum absolute atomic E-state index is 13.0. The summed E-state index contributed by atoms with van der Waals surface area (Å²) in [7, 11) is 0. The number of aryl methyl sites for hydroxylation is 1. The number of nitrogens with zero attached hydrogens (tertiary/aromatic N) is 2. The van der Waals surface area contributed by atoms with E-state index in [1.54, 1.807) is 24.1 Å². The predicted octanol–water partition coefficient (Wildman–Crippen LogP) is 3.28. The molecule has 3 rings (SSSR count). The zero-order valence-electron chi connectivity index (χ0n) is 16.6. The molecule has 2 heterocycles. The standard InChI is InChI=1S/C21H26N4O2.2ClH/c1-15-10-11-18(23-13-15)24-19(26)16-7-6-12-25(14-16)20(27)21(2,22)17-8-4-3-5-9-17;;/h3-5,8-11,13,16H,6-7,12,14,22H2,1-2H3,(H,23,24,26);2*1H. The normalized spacial score (nSPS) is 17.9. The van der Waals surface area contributed by atoms with Crippen LogP contribution < -0.4 is 11.1 Å². The van der Waals surface area contributed by atoms with Crippen molar-refractivity contribution in [1.82, 2.24) is 9.88 Å². The molecule has 158 valence electrons. The lowest BCUT2D eigenvalue weighted by molar-refractivity contribution is -0.139. The number of likely N-dealkylation sites (tertiary alicyclic amines) is 1. The number of hydrogen-bond donors (Lipinski definition) is 2. The topological polar surface area (TPSA) is 88.3 Å². The number of pyridine rings is 1.